The van der Waals surface area contributed by atoms with Crippen molar-refractivity contribution >= 4 is 11.6 Å². The number of phenols is 1. The van der Waals surface area contributed by atoms with Crippen molar-refractivity contribution in [3.63, 3.8) is 0 Å². The molecule has 0 fully saturated rings. The van der Waals surface area contributed by atoms with E-state index in [-0.39, 0.29) is 5.75 Å². The summed E-state index contributed by atoms with van der Waals surface area (Å²) in [7, 11) is 3.22. The molecule has 0 amide bonds. The Kier molecular flexibility index (Phi) is 16.5. The lowest BCUT2D eigenvalue weighted by molar-refractivity contribution is 0.179. The van der Waals surface area contributed by atoms with E-state index in [1.54, 1.807) is 38.5 Å². The Morgan fingerprint density at radius 3 is 1.62 bits per heavy atom. The van der Waals surface area contributed by atoms with Gasteiger partial charge in [-0.15, -0.1) is 11.6 Å². The van der Waals surface area contributed by atoms with Crippen molar-refractivity contribution in [2.75, 3.05) is 39.9 Å². The molecule has 0 aliphatic rings. The van der Waals surface area contributed by atoms with Gasteiger partial charge in [-0.25, -0.2) is 0 Å². The SMILES string of the molecule is C=COCCCl.C=COCCOc1ccc(OC)cc1.COc1ccc(O)cc1. The van der Waals surface area contributed by atoms with Gasteiger partial charge in [-0.05, 0) is 48.5 Å². The number of aromatic hydroxyl groups is 1. The van der Waals surface area contributed by atoms with Crippen molar-refractivity contribution in [1.82, 2.24) is 0 Å². The van der Waals surface area contributed by atoms with Crippen molar-refractivity contribution < 1.29 is 28.8 Å². The van der Waals surface area contributed by atoms with Gasteiger partial charge in [0, 0.05) is 0 Å². The number of phenolic OH excluding ortho intramolecular Hbond substituents is 1. The third kappa shape index (κ3) is 14.7. The van der Waals surface area contributed by atoms with Crippen LogP contribution in [0.3, 0.4) is 0 Å². The molecular formula is C22H29ClO6. The second-order valence-electron chi connectivity index (χ2n) is 4.99. The van der Waals surface area contributed by atoms with Gasteiger partial charge in [0.1, 0.15) is 42.8 Å². The highest BCUT2D eigenvalue weighted by Gasteiger charge is 1.94. The maximum absolute atomic E-state index is 8.80. The number of hydrogen-bond acceptors (Lipinski definition) is 6. The summed E-state index contributed by atoms with van der Waals surface area (Å²) >= 11 is 5.21. The molecule has 6 nitrogen and oxygen atoms in total. The minimum atomic E-state index is 0.260. The summed E-state index contributed by atoms with van der Waals surface area (Å²) in [6, 6.07) is 14.0. The van der Waals surface area contributed by atoms with Gasteiger partial charge in [-0.2, -0.15) is 0 Å². The lowest BCUT2D eigenvalue weighted by atomic mass is 10.3. The molecule has 0 spiro atoms. The van der Waals surface area contributed by atoms with Gasteiger partial charge in [0.15, 0.2) is 0 Å². The Labute approximate surface area is 177 Å². The van der Waals surface area contributed by atoms with Gasteiger partial charge < -0.3 is 28.8 Å². The largest absolute Gasteiger partial charge is 0.508 e. The number of hydrogen-bond donors (Lipinski definition) is 1. The summed E-state index contributed by atoms with van der Waals surface area (Å²) in [5.41, 5.74) is 0. The number of rotatable bonds is 10. The fourth-order valence-corrected chi connectivity index (χ4v) is 1.76. The quantitative estimate of drug-likeness (QED) is 0.328. The van der Waals surface area contributed by atoms with Crippen LogP contribution in [0.5, 0.6) is 23.0 Å². The Morgan fingerprint density at radius 2 is 1.21 bits per heavy atom. The van der Waals surface area contributed by atoms with Crippen LogP contribution in [-0.2, 0) is 9.47 Å². The summed E-state index contributed by atoms with van der Waals surface area (Å²) < 4.78 is 24.8. The van der Waals surface area contributed by atoms with Crippen LogP contribution >= 0.6 is 11.6 Å². The van der Waals surface area contributed by atoms with Crippen LogP contribution in [0.2, 0.25) is 0 Å². The number of alkyl halides is 1. The molecule has 0 saturated carbocycles. The molecule has 1 N–H and O–H groups in total. The first-order chi connectivity index (χ1) is 14.1. The second kappa shape index (κ2) is 18.4. The smallest absolute Gasteiger partial charge is 0.122 e. The minimum Gasteiger partial charge on any atom is -0.508 e. The van der Waals surface area contributed by atoms with Crippen LogP contribution in [0.25, 0.3) is 0 Å². The molecule has 0 aliphatic carbocycles. The predicted octanol–water partition coefficient (Wildman–Crippen LogP) is 5.02. The molecule has 7 heteroatoms. The molecular weight excluding hydrogens is 396 g/mol. The maximum Gasteiger partial charge on any atom is 0.122 e. The monoisotopic (exact) mass is 424 g/mol. The third-order valence-electron chi connectivity index (χ3n) is 3.03. The van der Waals surface area contributed by atoms with Crippen molar-refractivity contribution in [2.45, 2.75) is 0 Å². The van der Waals surface area contributed by atoms with E-state index in [0.29, 0.717) is 25.7 Å². The molecule has 2 aromatic rings. The first-order valence-corrected chi connectivity index (χ1v) is 9.25. The summed E-state index contributed by atoms with van der Waals surface area (Å²) in [5, 5.41) is 8.80. The zero-order valence-electron chi connectivity index (χ0n) is 16.9. The summed E-state index contributed by atoms with van der Waals surface area (Å²) in [6.07, 6.45) is 2.78. The third-order valence-corrected chi connectivity index (χ3v) is 3.19. The Morgan fingerprint density at radius 1 is 0.759 bits per heavy atom. The first-order valence-electron chi connectivity index (χ1n) is 8.72. The summed E-state index contributed by atoms with van der Waals surface area (Å²) in [4.78, 5) is 0. The molecule has 0 bridgehead atoms. The second-order valence-corrected chi connectivity index (χ2v) is 5.36. The van der Waals surface area contributed by atoms with Gasteiger partial charge in [0.2, 0.25) is 0 Å². The van der Waals surface area contributed by atoms with E-state index in [9.17, 15) is 0 Å². The minimum absolute atomic E-state index is 0.260. The highest BCUT2D eigenvalue weighted by Crippen LogP contribution is 2.16. The molecule has 0 aliphatic heterocycles. The van der Waals surface area contributed by atoms with Crippen LogP contribution in [0.4, 0.5) is 0 Å². The van der Waals surface area contributed by atoms with Crippen molar-refractivity contribution in [1.29, 1.82) is 0 Å². The maximum atomic E-state index is 8.80. The average molecular weight is 425 g/mol. The lowest BCUT2D eigenvalue weighted by Gasteiger charge is -2.06. The Bertz CT molecular complexity index is 643. The van der Waals surface area contributed by atoms with E-state index in [0.717, 1.165) is 17.2 Å². The molecule has 0 aromatic heterocycles. The number of ether oxygens (including phenoxy) is 5. The van der Waals surface area contributed by atoms with E-state index < -0.39 is 0 Å². The summed E-state index contributed by atoms with van der Waals surface area (Å²) in [5.74, 6) is 3.17. The number of benzene rings is 2. The van der Waals surface area contributed by atoms with Gasteiger partial charge in [0.25, 0.3) is 0 Å². The van der Waals surface area contributed by atoms with Gasteiger partial charge in [-0.3, -0.25) is 0 Å². The highest BCUT2D eigenvalue weighted by atomic mass is 35.5. The van der Waals surface area contributed by atoms with E-state index in [2.05, 4.69) is 17.9 Å². The Balaban J connectivity index is 0.000000448. The fraction of sp³-hybridized carbons (Fsp3) is 0.273. The lowest BCUT2D eigenvalue weighted by Crippen LogP contribution is -2.03. The zero-order valence-corrected chi connectivity index (χ0v) is 17.6. The molecule has 2 aromatic carbocycles. The van der Waals surface area contributed by atoms with E-state index in [1.807, 2.05) is 24.3 Å². The van der Waals surface area contributed by atoms with Gasteiger partial charge in [-0.1, -0.05) is 13.2 Å². The number of halogens is 1. The van der Waals surface area contributed by atoms with Crippen LogP contribution in [0.1, 0.15) is 0 Å². The van der Waals surface area contributed by atoms with Crippen LogP contribution < -0.4 is 14.2 Å². The van der Waals surface area contributed by atoms with Gasteiger partial charge in [0.05, 0.1) is 32.6 Å². The molecule has 29 heavy (non-hydrogen) atoms. The van der Waals surface area contributed by atoms with Crippen molar-refractivity contribution in [2.24, 2.45) is 0 Å². The molecule has 0 radical (unpaired) electrons. The molecule has 0 unspecified atom stereocenters. The average Bonchev–Trinajstić information content (AvgIpc) is 2.77. The Hall–Kier alpha value is -2.99. The standard InChI is InChI=1S/C11H14O3.C7H8O2.C4H7ClO/c1-3-13-8-9-14-11-6-4-10(12-2)5-7-11;1-9-7-4-2-6(8)3-5-7;1-2-6-4-3-5/h3-7H,1,8-9H2,2H3;2-5,8H,1H3;2H,1,3-4H2. The van der Waals surface area contributed by atoms with Crippen LogP contribution in [0, 0.1) is 0 Å². The normalized spacial score (nSPS) is 8.79. The highest BCUT2D eigenvalue weighted by molar-refractivity contribution is 6.17. The molecule has 0 saturated heterocycles. The molecule has 0 atom stereocenters. The fourth-order valence-electron chi connectivity index (χ4n) is 1.67. The zero-order chi connectivity index (χ0) is 21.7. The van der Waals surface area contributed by atoms with Gasteiger partial charge >= 0.3 is 0 Å². The van der Waals surface area contributed by atoms with E-state index in [4.69, 9.17) is 35.7 Å². The van der Waals surface area contributed by atoms with E-state index >= 15 is 0 Å². The topological polar surface area (TPSA) is 66.4 Å². The van der Waals surface area contributed by atoms with Crippen molar-refractivity contribution in [3.05, 3.63) is 74.2 Å². The molecule has 0 heterocycles. The van der Waals surface area contributed by atoms with E-state index in [1.165, 1.54) is 12.5 Å². The number of methoxy groups -OCH3 is 2. The van der Waals surface area contributed by atoms with Crippen molar-refractivity contribution in [3.8, 4) is 23.0 Å². The first kappa shape index (κ1) is 26.0. The molecule has 2 rings (SSSR count). The predicted molar refractivity (Wildman–Crippen MR) is 116 cm³/mol. The summed E-state index contributed by atoms with van der Waals surface area (Å²) in [6.45, 7) is 8.33. The van der Waals surface area contributed by atoms with Crippen LogP contribution in [-0.4, -0.2) is 45.0 Å². The van der Waals surface area contributed by atoms with Crippen LogP contribution in [0.15, 0.2) is 74.2 Å². The molecule has 160 valence electrons.